The van der Waals surface area contributed by atoms with Crippen LogP contribution in [0.25, 0.3) is 11.1 Å². The predicted molar refractivity (Wildman–Crippen MR) is 157 cm³/mol. The van der Waals surface area contributed by atoms with E-state index in [9.17, 15) is 14.3 Å². The second kappa shape index (κ2) is 12.3. The maximum Gasteiger partial charge on any atom is 0.307 e. The van der Waals surface area contributed by atoms with Crippen LogP contribution in [0.4, 0.5) is 10.1 Å². The van der Waals surface area contributed by atoms with Crippen molar-refractivity contribution in [3.63, 3.8) is 0 Å². The zero-order valence-electron chi connectivity index (χ0n) is 23.1. The van der Waals surface area contributed by atoms with Crippen molar-refractivity contribution < 1.29 is 19.0 Å². The van der Waals surface area contributed by atoms with Crippen LogP contribution in [0, 0.1) is 19.7 Å². The molecule has 0 atom stereocenters. The van der Waals surface area contributed by atoms with Gasteiger partial charge < -0.3 is 14.7 Å². The van der Waals surface area contributed by atoms with Gasteiger partial charge in [-0.2, -0.15) is 0 Å². The molecule has 5 rings (SSSR count). The molecule has 1 N–H and O–H groups in total. The number of aliphatic carboxylic acids is 1. The maximum absolute atomic E-state index is 13.2. The summed E-state index contributed by atoms with van der Waals surface area (Å²) < 4.78 is 19.1. The summed E-state index contributed by atoms with van der Waals surface area (Å²) in [5.41, 5.74) is 7.79. The fraction of sp³-hybridized carbons (Fsp3) is 0.294. The fourth-order valence-corrected chi connectivity index (χ4v) is 5.74. The third-order valence-electron chi connectivity index (χ3n) is 7.78. The van der Waals surface area contributed by atoms with Crippen molar-refractivity contribution >= 4 is 11.7 Å². The summed E-state index contributed by atoms with van der Waals surface area (Å²) in [6, 6.07) is 25.0. The SMILES string of the molecule is Cc1nc(C)c(-c2ccc(OCCc3ccc(F)cc3)cc2)c(N2CCC(c3ccccc3)CC2)c1CC(=O)O. The minimum absolute atomic E-state index is 0.0648. The Morgan fingerprint density at radius 2 is 1.62 bits per heavy atom. The number of carbonyl (C=O) groups is 1. The Labute approximate surface area is 235 Å². The van der Waals surface area contributed by atoms with Gasteiger partial charge in [0.25, 0.3) is 0 Å². The van der Waals surface area contributed by atoms with Crippen LogP contribution in [0.15, 0.2) is 78.9 Å². The Bertz CT molecular complexity index is 1450. The topological polar surface area (TPSA) is 62.7 Å². The highest BCUT2D eigenvalue weighted by Gasteiger charge is 2.27. The smallest absolute Gasteiger partial charge is 0.307 e. The first-order chi connectivity index (χ1) is 19.4. The molecule has 1 fully saturated rings. The van der Waals surface area contributed by atoms with Gasteiger partial charge in [-0.15, -0.1) is 0 Å². The molecule has 1 aliphatic heterocycles. The molecule has 0 bridgehead atoms. The first-order valence-corrected chi connectivity index (χ1v) is 13.9. The number of benzene rings is 3. The lowest BCUT2D eigenvalue weighted by Crippen LogP contribution is -2.34. The molecular formula is C34H35FN2O3. The van der Waals surface area contributed by atoms with Crippen molar-refractivity contribution in [2.75, 3.05) is 24.6 Å². The van der Waals surface area contributed by atoms with Crippen molar-refractivity contribution in [3.8, 4) is 16.9 Å². The molecule has 4 aromatic rings. The van der Waals surface area contributed by atoms with E-state index >= 15 is 0 Å². The summed E-state index contributed by atoms with van der Waals surface area (Å²) >= 11 is 0. The number of aromatic nitrogens is 1. The number of carboxylic acid groups (broad SMARTS) is 1. The highest BCUT2D eigenvalue weighted by molar-refractivity contribution is 5.86. The Balaban J connectivity index is 1.39. The van der Waals surface area contributed by atoms with Gasteiger partial charge in [0.2, 0.25) is 0 Å². The molecular weight excluding hydrogens is 503 g/mol. The molecule has 3 aromatic carbocycles. The van der Waals surface area contributed by atoms with Gasteiger partial charge in [-0.25, -0.2) is 4.39 Å². The molecule has 0 radical (unpaired) electrons. The molecule has 0 spiro atoms. The number of anilines is 1. The third-order valence-corrected chi connectivity index (χ3v) is 7.78. The molecule has 2 heterocycles. The fourth-order valence-electron chi connectivity index (χ4n) is 5.74. The lowest BCUT2D eigenvalue weighted by Gasteiger charge is -2.37. The average molecular weight is 539 g/mol. The highest BCUT2D eigenvalue weighted by atomic mass is 19.1. The quantitative estimate of drug-likeness (QED) is 0.245. The van der Waals surface area contributed by atoms with E-state index < -0.39 is 5.97 Å². The van der Waals surface area contributed by atoms with Crippen molar-refractivity contribution in [2.24, 2.45) is 0 Å². The lowest BCUT2D eigenvalue weighted by molar-refractivity contribution is -0.136. The summed E-state index contributed by atoms with van der Waals surface area (Å²) in [7, 11) is 0. The van der Waals surface area contributed by atoms with Crippen LogP contribution in [0.2, 0.25) is 0 Å². The number of carboxylic acids is 1. The largest absolute Gasteiger partial charge is 0.493 e. The van der Waals surface area contributed by atoms with E-state index in [0.717, 1.165) is 71.0 Å². The van der Waals surface area contributed by atoms with E-state index in [0.29, 0.717) is 18.9 Å². The summed E-state index contributed by atoms with van der Waals surface area (Å²) in [4.78, 5) is 19.1. The molecule has 0 amide bonds. The van der Waals surface area contributed by atoms with Crippen molar-refractivity contribution in [1.29, 1.82) is 0 Å². The Morgan fingerprint density at radius 3 is 2.27 bits per heavy atom. The number of halogens is 1. The van der Waals surface area contributed by atoms with Crippen LogP contribution in [0.3, 0.4) is 0 Å². The van der Waals surface area contributed by atoms with Crippen LogP contribution in [-0.4, -0.2) is 35.8 Å². The maximum atomic E-state index is 13.2. The van der Waals surface area contributed by atoms with Crippen molar-refractivity contribution in [3.05, 3.63) is 113 Å². The predicted octanol–water partition coefficient (Wildman–Crippen LogP) is 7.14. The van der Waals surface area contributed by atoms with E-state index in [-0.39, 0.29) is 12.2 Å². The second-order valence-corrected chi connectivity index (χ2v) is 10.5. The summed E-state index contributed by atoms with van der Waals surface area (Å²) in [5, 5.41) is 9.77. The number of hydrogen-bond acceptors (Lipinski definition) is 4. The molecule has 1 saturated heterocycles. The summed E-state index contributed by atoms with van der Waals surface area (Å²) in [6.07, 6.45) is 2.64. The van der Waals surface area contributed by atoms with Gasteiger partial charge in [-0.3, -0.25) is 9.78 Å². The van der Waals surface area contributed by atoms with Gasteiger partial charge in [-0.1, -0.05) is 54.6 Å². The zero-order valence-corrected chi connectivity index (χ0v) is 23.1. The van der Waals surface area contributed by atoms with Gasteiger partial charge in [0.05, 0.1) is 18.7 Å². The normalized spacial score (nSPS) is 13.8. The molecule has 0 aliphatic carbocycles. The van der Waals surface area contributed by atoms with Crippen LogP contribution in [0.1, 0.15) is 46.8 Å². The average Bonchev–Trinajstić information content (AvgIpc) is 2.96. The summed E-state index contributed by atoms with van der Waals surface area (Å²) in [5.74, 6) is 0.149. The molecule has 0 unspecified atom stereocenters. The second-order valence-electron chi connectivity index (χ2n) is 10.5. The van der Waals surface area contributed by atoms with Crippen molar-refractivity contribution in [2.45, 2.75) is 45.4 Å². The zero-order chi connectivity index (χ0) is 28.1. The van der Waals surface area contributed by atoms with Gasteiger partial charge >= 0.3 is 5.97 Å². The number of ether oxygens (including phenoxy) is 1. The van der Waals surface area contributed by atoms with E-state index in [2.05, 4.69) is 29.2 Å². The number of pyridine rings is 1. The minimum Gasteiger partial charge on any atom is -0.493 e. The molecule has 1 aliphatic rings. The van der Waals surface area contributed by atoms with Crippen molar-refractivity contribution in [1.82, 2.24) is 4.98 Å². The van der Waals surface area contributed by atoms with E-state index in [1.54, 1.807) is 12.1 Å². The van der Waals surface area contributed by atoms with E-state index in [1.165, 1.54) is 17.7 Å². The molecule has 5 nitrogen and oxygen atoms in total. The molecule has 206 valence electrons. The molecule has 40 heavy (non-hydrogen) atoms. The number of rotatable bonds is 9. The van der Waals surface area contributed by atoms with E-state index in [4.69, 9.17) is 9.72 Å². The Kier molecular flexibility index (Phi) is 8.44. The molecule has 0 saturated carbocycles. The van der Waals surface area contributed by atoms with Crippen LogP contribution in [-0.2, 0) is 17.6 Å². The van der Waals surface area contributed by atoms with E-state index in [1.807, 2.05) is 44.2 Å². The van der Waals surface area contributed by atoms with Crippen LogP contribution in [0.5, 0.6) is 5.75 Å². The third kappa shape index (κ3) is 6.33. The lowest BCUT2D eigenvalue weighted by atomic mass is 9.88. The number of hydrogen-bond donors (Lipinski definition) is 1. The molecule has 1 aromatic heterocycles. The van der Waals surface area contributed by atoms with Gasteiger partial charge in [0, 0.05) is 42.0 Å². The Hall–Kier alpha value is -4.19. The van der Waals surface area contributed by atoms with Crippen LogP contribution >= 0.6 is 0 Å². The number of aryl methyl sites for hydroxylation is 2. The van der Waals surface area contributed by atoms with Gasteiger partial charge in [0.15, 0.2) is 0 Å². The first kappa shape index (κ1) is 27.4. The highest BCUT2D eigenvalue weighted by Crippen LogP contribution is 2.41. The van der Waals surface area contributed by atoms with Crippen LogP contribution < -0.4 is 9.64 Å². The minimum atomic E-state index is -0.856. The monoisotopic (exact) mass is 538 g/mol. The van der Waals surface area contributed by atoms with Gasteiger partial charge in [-0.05, 0) is 73.6 Å². The molecule has 6 heteroatoms. The van der Waals surface area contributed by atoms with Gasteiger partial charge in [0.1, 0.15) is 11.6 Å². The Morgan fingerprint density at radius 1 is 0.950 bits per heavy atom. The first-order valence-electron chi connectivity index (χ1n) is 13.9. The standard InChI is InChI=1S/C34H35FN2O3/c1-23-31(22-32(38)39)34(37-19-16-27(17-20-37)26-6-4-3-5-7-26)33(24(2)36-23)28-10-14-30(15-11-28)40-21-18-25-8-12-29(35)13-9-25/h3-15,27H,16-22H2,1-2H3,(H,38,39). The summed E-state index contributed by atoms with van der Waals surface area (Å²) in [6.45, 7) is 6.10. The number of nitrogens with zero attached hydrogens (tertiary/aromatic N) is 2. The number of piperidine rings is 1.